The predicted molar refractivity (Wildman–Crippen MR) is 130 cm³/mol. The SMILES string of the molecule is COc1cccc(N2C(=O)NC(c3cccc(F)c3)C(c3nc(-c4cccc(Cl)c4)no3)=C2C)c1. The first kappa shape index (κ1) is 22.6. The molecule has 2 amide bonds. The van der Waals surface area contributed by atoms with Crippen molar-refractivity contribution in [2.24, 2.45) is 0 Å². The lowest BCUT2D eigenvalue weighted by atomic mass is 9.94. The molecule has 0 saturated heterocycles. The van der Waals surface area contributed by atoms with E-state index in [-0.39, 0.29) is 11.9 Å². The first-order chi connectivity index (χ1) is 16.9. The molecule has 2 heterocycles. The number of aromatic nitrogens is 2. The van der Waals surface area contributed by atoms with Crippen LogP contribution >= 0.6 is 11.6 Å². The molecule has 3 aromatic carbocycles. The van der Waals surface area contributed by atoms with Crippen LogP contribution in [-0.4, -0.2) is 23.3 Å². The van der Waals surface area contributed by atoms with Gasteiger partial charge in [-0.2, -0.15) is 4.98 Å². The van der Waals surface area contributed by atoms with Crippen molar-refractivity contribution in [1.29, 1.82) is 0 Å². The number of ether oxygens (including phenoxy) is 1. The maximum atomic E-state index is 14.1. The van der Waals surface area contributed by atoms with E-state index >= 15 is 0 Å². The number of hydrogen-bond donors (Lipinski definition) is 1. The number of hydrogen-bond acceptors (Lipinski definition) is 5. The van der Waals surface area contributed by atoms with Gasteiger partial charge in [0.15, 0.2) is 0 Å². The average Bonchev–Trinajstić information content (AvgIpc) is 3.34. The number of benzene rings is 3. The number of halogens is 2. The molecule has 1 aliphatic heterocycles. The first-order valence-corrected chi connectivity index (χ1v) is 11.1. The molecule has 0 saturated carbocycles. The number of carbonyl (C=O) groups is 1. The Bertz CT molecular complexity index is 1450. The van der Waals surface area contributed by atoms with Gasteiger partial charge < -0.3 is 14.6 Å². The second-order valence-electron chi connectivity index (χ2n) is 7.91. The van der Waals surface area contributed by atoms with Gasteiger partial charge in [0, 0.05) is 22.3 Å². The van der Waals surface area contributed by atoms with Gasteiger partial charge >= 0.3 is 6.03 Å². The van der Waals surface area contributed by atoms with Crippen molar-refractivity contribution in [1.82, 2.24) is 15.5 Å². The largest absolute Gasteiger partial charge is 0.497 e. The summed E-state index contributed by atoms with van der Waals surface area (Å²) in [5.41, 5.74) is 2.90. The molecule has 4 aromatic rings. The van der Waals surface area contributed by atoms with Crippen LogP contribution in [0.2, 0.25) is 5.02 Å². The van der Waals surface area contributed by atoms with Gasteiger partial charge in [0.25, 0.3) is 5.89 Å². The first-order valence-electron chi connectivity index (χ1n) is 10.8. The third kappa shape index (κ3) is 4.36. The minimum atomic E-state index is -0.715. The van der Waals surface area contributed by atoms with E-state index < -0.39 is 11.9 Å². The molecule has 0 bridgehead atoms. The second kappa shape index (κ2) is 9.23. The van der Waals surface area contributed by atoms with Crippen molar-refractivity contribution >= 4 is 28.9 Å². The molecule has 1 aliphatic rings. The number of nitrogens with zero attached hydrogens (tertiary/aromatic N) is 3. The molecule has 176 valence electrons. The van der Waals surface area contributed by atoms with Crippen molar-refractivity contribution in [2.45, 2.75) is 13.0 Å². The van der Waals surface area contributed by atoms with Crippen LogP contribution in [-0.2, 0) is 0 Å². The Kier molecular flexibility index (Phi) is 5.96. The van der Waals surface area contributed by atoms with Crippen molar-refractivity contribution in [3.63, 3.8) is 0 Å². The molecule has 1 unspecified atom stereocenters. The number of urea groups is 1. The number of methoxy groups -OCH3 is 1. The highest BCUT2D eigenvalue weighted by atomic mass is 35.5. The van der Waals surface area contributed by atoms with Crippen molar-refractivity contribution in [2.75, 3.05) is 12.0 Å². The lowest BCUT2D eigenvalue weighted by Crippen LogP contribution is -2.46. The van der Waals surface area contributed by atoms with Gasteiger partial charge in [-0.15, -0.1) is 0 Å². The average molecular weight is 491 g/mol. The molecular weight excluding hydrogens is 471 g/mol. The quantitative estimate of drug-likeness (QED) is 0.358. The lowest BCUT2D eigenvalue weighted by Gasteiger charge is -2.35. The Morgan fingerprint density at radius 1 is 1.09 bits per heavy atom. The Morgan fingerprint density at radius 3 is 2.66 bits per heavy atom. The number of carbonyl (C=O) groups excluding carboxylic acids is 1. The van der Waals surface area contributed by atoms with E-state index in [0.29, 0.717) is 44.7 Å². The highest BCUT2D eigenvalue weighted by Crippen LogP contribution is 2.39. The molecule has 9 heteroatoms. The summed E-state index contributed by atoms with van der Waals surface area (Å²) in [6.45, 7) is 1.78. The zero-order valence-corrected chi connectivity index (χ0v) is 19.6. The molecule has 0 spiro atoms. The molecule has 0 radical (unpaired) electrons. The van der Waals surface area contributed by atoms with Crippen LogP contribution in [0.5, 0.6) is 5.75 Å². The molecule has 1 aromatic heterocycles. The molecule has 1 atom stereocenters. The van der Waals surface area contributed by atoms with Crippen LogP contribution in [0.3, 0.4) is 0 Å². The van der Waals surface area contributed by atoms with Crippen LogP contribution in [0.15, 0.2) is 83.0 Å². The fraction of sp³-hybridized carbons (Fsp3) is 0.115. The standard InChI is InChI=1S/C26H20ClFN4O3/c1-15-22(25-30-24(31-35-25)17-7-3-8-18(27)12-17)23(16-6-4-9-19(28)13-16)29-26(33)32(15)20-10-5-11-21(14-20)34-2/h3-14,23H,1-2H3,(H,29,33). The van der Waals surface area contributed by atoms with Gasteiger partial charge in [0.2, 0.25) is 5.82 Å². The predicted octanol–water partition coefficient (Wildman–Crippen LogP) is 6.24. The number of nitrogens with one attached hydrogen (secondary N) is 1. The monoisotopic (exact) mass is 490 g/mol. The molecule has 35 heavy (non-hydrogen) atoms. The van der Waals surface area contributed by atoms with Crippen LogP contribution in [0.4, 0.5) is 14.9 Å². The van der Waals surface area contributed by atoms with Crippen molar-refractivity contribution < 1.29 is 18.4 Å². The van der Waals surface area contributed by atoms with E-state index in [9.17, 15) is 9.18 Å². The van der Waals surface area contributed by atoms with E-state index in [4.69, 9.17) is 20.9 Å². The second-order valence-corrected chi connectivity index (χ2v) is 8.34. The summed E-state index contributed by atoms with van der Waals surface area (Å²) in [4.78, 5) is 19.4. The van der Waals surface area contributed by atoms with Gasteiger partial charge in [-0.05, 0) is 48.9 Å². The summed E-state index contributed by atoms with van der Waals surface area (Å²) >= 11 is 6.12. The molecule has 0 aliphatic carbocycles. The summed E-state index contributed by atoms with van der Waals surface area (Å²) < 4.78 is 25.1. The third-order valence-corrected chi connectivity index (χ3v) is 5.95. The fourth-order valence-corrected chi connectivity index (χ4v) is 4.28. The number of rotatable bonds is 5. The van der Waals surface area contributed by atoms with Gasteiger partial charge in [0.1, 0.15) is 11.6 Å². The number of amides is 2. The third-order valence-electron chi connectivity index (χ3n) is 5.72. The molecule has 5 rings (SSSR count). The smallest absolute Gasteiger partial charge is 0.327 e. The minimum absolute atomic E-state index is 0.194. The topological polar surface area (TPSA) is 80.5 Å². The van der Waals surface area contributed by atoms with Crippen molar-refractivity contribution in [3.8, 4) is 17.1 Å². The summed E-state index contributed by atoms with van der Waals surface area (Å²) in [5.74, 6) is 0.706. The van der Waals surface area contributed by atoms with Crippen LogP contribution < -0.4 is 15.0 Å². The Hall–Kier alpha value is -4.17. The summed E-state index contributed by atoms with van der Waals surface area (Å²) in [5, 5.41) is 7.62. The maximum absolute atomic E-state index is 14.1. The van der Waals surface area contributed by atoms with Gasteiger partial charge in [-0.25, -0.2) is 9.18 Å². The van der Waals surface area contributed by atoms with Gasteiger partial charge in [-0.1, -0.05) is 47.1 Å². The molecular formula is C26H20ClFN4O3. The summed E-state index contributed by atoms with van der Waals surface area (Å²) in [7, 11) is 1.55. The molecule has 7 nitrogen and oxygen atoms in total. The summed E-state index contributed by atoms with van der Waals surface area (Å²) in [6.07, 6.45) is 0. The van der Waals surface area contributed by atoms with E-state index in [1.807, 2.05) is 6.07 Å². The van der Waals surface area contributed by atoms with Crippen LogP contribution in [0.1, 0.15) is 24.4 Å². The number of anilines is 1. The van der Waals surface area contributed by atoms with Crippen molar-refractivity contribution in [3.05, 3.63) is 101 Å². The zero-order valence-electron chi connectivity index (χ0n) is 18.8. The normalized spacial score (nSPS) is 15.8. The number of allylic oxidation sites excluding steroid dienone is 1. The van der Waals surface area contributed by atoms with E-state index in [1.165, 1.54) is 17.0 Å². The Balaban J connectivity index is 1.67. The zero-order chi connectivity index (χ0) is 24.5. The van der Waals surface area contributed by atoms with Gasteiger partial charge in [0.05, 0.1) is 24.4 Å². The van der Waals surface area contributed by atoms with E-state index in [0.717, 1.165) is 0 Å². The summed E-state index contributed by atoms with van der Waals surface area (Å²) in [6, 6.07) is 19.1. The molecule has 0 fully saturated rings. The lowest BCUT2D eigenvalue weighted by molar-refractivity contribution is 0.244. The van der Waals surface area contributed by atoms with Crippen LogP contribution in [0.25, 0.3) is 17.0 Å². The fourth-order valence-electron chi connectivity index (χ4n) is 4.09. The Labute approximate surface area is 205 Å². The van der Waals surface area contributed by atoms with E-state index in [1.54, 1.807) is 68.6 Å². The minimum Gasteiger partial charge on any atom is -0.497 e. The highest BCUT2D eigenvalue weighted by molar-refractivity contribution is 6.30. The Morgan fingerprint density at radius 2 is 1.89 bits per heavy atom. The highest BCUT2D eigenvalue weighted by Gasteiger charge is 2.36. The maximum Gasteiger partial charge on any atom is 0.327 e. The van der Waals surface area contributed by atoms with E-state index in [2.05, 4.69) is 15.5 Å². The molecule has 1 N–H and O–H groups in total. The van der Waals surface area contributed by atoms with Crippen LogP contribution in [0, 0.1) is 5.82 Å². The van der Waals surface area contributed by atoms with Gasteiger partial charge in [-0.3, -0.25) is 4.90 Å².